The normalized spacial score (nSPS) is 13.9. The molecule has 0 bridgehead atoms. The van der Waals surface area contributed by atoms with Gasteiger partial charge in [-0.2, -0.15) is 0 Å². The molecule has 1 unspecified atom stereocenters. The molecule has 0 saturated carbocycles. The highest BCUT2D eigenvalue weighted by Crippen LogP contribution is 2.36. The van der Waals surface area contributed by atoms with Gasteiger partial charge in [0.2, 0.25) is 0 Å². The SMILES string of the molecule is CC(CO[Si](C)(C)C(C)(C)C)OC(=O)c1ccccc1. The van der Waals surface area contributed by atoms with E-state index in [1.54, 1.807) is 12.1 Å². The second-order valence-corrected chi connectivity index (χ2v) is 11.5. The lowest BCUT2D eigenvalue weighted by atomic mass is 10.2. The monoisotopic (exact) mass is 294 g/mol. The summed E-state index contributed by atoms with van der Waals surface area (Å²) in [5.41, 5.74) is 0.576. The Morgan fingerprint density at radius 2 is 1.75 bits per heavy atom. The third-order valence-corrected chi connectivity index (χ3v) is 8.30. The van der Waals surface area contributed by atoms with Crippen LogP contribution in [0.1, 0.15) is 38.1 Å². The molecule has 0 radical (unpaired) electrons. The fourth-order valence-electron chi connectivity index (χ4n) is 1.40. The summed E-state index contributed by atoms with van der Waals surface area (Å²) >= 11 is 0. The molecule has 0 spiro atoms. The first-order valence-electron chi connectivity index (χ1n) is 7.03. The quantitative estimate of drug-likeness (QED) is 0.601. The molecule has 0 N–H and O–H groups in total. The molecular weight excluding hydrogens is 268 g/mol. The van der Waals surface area contributed by atoms with E-state index in [4.69, 9.17) is 9.16 Å². The van der Waals surface area contributed by atoms with Crippen LogP contribution in [-0.2, 0) is 9.16 Å². The number of hydrogen-bond acceptors (Lipinski definition) is 3. The summed E-state index contributed by atoms with van der Waals surface area (Å²) in [6.07, 6.45) is -0.239. The maximum atomic E-state index is 11.9. The number of ether oxygens (including phenoxy) is 1. The molecule has 1 aromatic rings. The van der Waals surface area contributed by atoms with Crippen molar-refractivity contribution in [1.29, 1.82) is 0 Å². The van der Waals surface area contributed by atoms with Crippen LogP contribution in [0.2, 0.25) is 18.1 Å². The van der Waals surface area contributed by atoms with Crippen LogP contribution in [0, 0.1) is 0 Å². The minimum Gasteiger partial charge on any atom is -0.457 e. The van der Waals surface area contributed by atoms with Crippen molar-refractivity contribution in [2.45, 2.75) is 51.9 Å². The first-order valence-corrected chi connectivity index (χ1v) is 9.94. The molecule has 0 aliphatic rings. The minimum absolute atomic E-state index is 0.163. The smallest absolute Gasteiger partial charge is 0.338 e. The first-order chi connectivity index (χ1) is 9.13. The summed E-state index contributed by atoms with van der Waals surface area (Å²) in [7, 11) is -1.79. The Morgan fingerprint density at radius 1 is 1.20 bits per heavy atom. The molecule has 0 aliphatic heterocycles. The van der Waals surface area contributed by atoms with Crippen molar-refractivity contribution in [2.24, 2.45) is 0 Å². The van der Waals surface area contributed by atoms with Gasteiger partial charge in [0.05, 0.1) is 12.2 Å². The summed E-state index contributed by atoms with van der Waals surface area (Å²) in [5, 5.41) is 0.163. The Morgan fingerprint density at radius 3 is 2.25 bits per heavy atom. The highest BCUT2D eigenvalue weighted by atomic mass is 28.4. The van der Waals surface area contributed by atoms with E-state index < -0.39 is 8.32 Å². The largest absolute Gasteiger partial charge is 0.457 e. The number of benzene rings is 1. The Bertz CT molecular complexity index is 435. The molecule has 0 saturated heterocycles. The Hall–Kier alpha value is -1.13. The van der Waals surface area contributed by atoms with E-state index in [2.05, 4.69) is 33.9 Å². The molecule has 1 atom stereocenters. The number of esters is 1. The first kappa shape index (κ1) is 16.9. The van der Waals surface area contributed by atoms with E-state index in [1.807, 2.05) is 25.1 Å². The van der Waals surface area contributed by atoms with Gasteiger partial charge < -0.3 is 9.16 Å². The molecule has 4 heteroatoms. The predicted octanol–water partition coefficient (Wildman–Crippen LogP) is 4.25. The lowest BCUT2D eigenvalue weighted by molar-refractivity contribution is 0.0212. The van der Waals surface area contributed by atoms with Crippen molar-refractivity contribution < 1.29 is 14.0 Å². The molecule has 0 aliphatic carbocycles. The van der Waals surface area contributed by atoms with Crippen molar-refractivity contribution in [3.05, 3.63) is 35.9 Å². The zero-order chi connectivity index (χ0) is 15.4. The molecule has 0 fully saturated rings. The van der Waals surface area contributed by atoms with Crippen LogP contribution < -0.4 is 0 Å². The molecule has 112 valence electrons. The summed E-state index contributed by atoms with van der Waals surface area (Å²) in [5.74, 6) is -0.295. The molecule has 3 nitrogen and oxygen atoms in total. The molecule has 0 amide bonds. The Balaban J connectivity index is 2.49. The van der Waals surface area contributed by atoms with Crippen molar-refractivity contribution in [1.82, 2.24) is 0 Å². The summed E-state index contributed by atoms with van der Waals surface area (Å²) in [4.78, 5) is 11.9. The molecule has 20 heavy (non-hydrogen) atoms. The summed E-state index contributed by atoms with van der Waals surface area (Å²) in [6.45, 7) is 13.3. The molecule has 0 aromatic heterocycles. The van der Waals surface area contributed by atoms with Gasteiger partial charge in [0.25, 0.3) is 0 Å². The van der Waals surface area contributed by atoms with Gasteiger partial charge in [-0.3, -0.25) is 0 Å². The second-order valence-electron chi connectivity index (χ2n) is 6.65. The van der Waals surface area contributed by atoms with Crippen LogP contribution in [0.3, 0.4) is 0 Å². The van der Waals surface area contributed by atoms with Crippen LogP contribution in [0.5, 0.6) is 0 Å². The van der Waals surface area contributed by atoms with Gasteiger partial charge in [-0.15, -0.1) is 0 Å². The van der Waals surface area contributed by atoms with Crippen molar-refractivity contribution >= 4 is 14.3 Å². The van der Waals surface area contributed by atoms with E-state index >= 15 is 0 Å². The molecule has 0 heterocycles. The van der Waals surface area contributed by atoms with Gasteiger partial charge >= 0.3 is 5.97 Å². The minimum atomic E-state index is -1.79. The van der Waals surface area contributed by atoms with Crippen molar-refractivity contribution in [3.63, 3.8) is 0 Å². The lowest BCUT2D eigenvalue weighted by Crippen LogP contribution is -2.42. The maximum Gasteiger partial charge on any atom is 0.338 e. The van der Waals surface area contributed by atoms with Crippen LogP contribution in [0.4, 0.5) is 0 Å². The van der Waals surface area contributed by atoms with Gasteiger partial charge in [0, 0.05) is 0 Å². The highest BCUT2D eigenvalue weighted by molar-refractivity contribution is 6.74. The fourth-order valence-corrected chi connectivity index (χ4v) is 2.49. The molecule has 1 aromatic carbocycles. The van der Waals surface area contributed by atoms with E-state index in [0.717, 1.165) is 0 Å². The molecular formula is C16H26O3Si. The van der Waals surface area contributed by atoms with Crippen LogP contribution in [-0.4, -0.2) is 27.0 Å². The summed E-state index contributed by atoms with van der Waals surface area (Å²) < 4.78 is 11.5. The number of rotatable bonds is 5. The van der Waals surface area contributed by atoms with E-state index in [9.17, 15) is 4.79 Å². The zero-order valence-electron chi connectivity index (χ0n) is 13.4. The van der Waals surface area contributed by atoms with Crippen LogP contribution in [0.15, 0.2) is 30.3 Å². The van der Waals surface area contributed by atoms with Gasteiger partial charge in [-0.05, 0) is 37.2 Å². The highest BCUT2D eigenvalue weighted by Gasteiger charge is 2.37. The third-order valence-electron chi connectivity index (χ3n) is 3.80. The van der Waals surface area contributed by atoms with Gasteiger partial charge in [-0.25, -0.2) is 4.79 Å². The standard InChI is InChI=1S/C16H26O3Si/c1-13(12-18-20(5,6)16(2,3)4)19-15(17)14-10-8-7-9-11-14/h7-11,13H,12H2,1-6H3. The lowest BCUT2D eigenvalue weighted by Gasteiger charge is -2.36. The van der Waals surface area contributed by atoms with E-state index in [1.165, 1.54) is 0 Å². The molecule has 1 rings (SSSR count). The number of carbonyl (C=O) groups excluding carboxylic acids is 1. The predicted molar refractivity (Wildman–Crippen MR) is 84.5 cm³/mol. The number of carbonyl (C=O) groups is 1. The maximum absolute atomic E-state index is 11.9. The van der Waals surface area contributed by atoms with Gasteiger partial charge in [-0.1, -0.05) is 39.0 Å². The Labute approximate surface area is 123 Å². The van der Waals surface area contributed by atoms with E-state index in [-0.39, 0.29) is 17.1 Å². The fraction of sp³-hybridized carbons (Fsp3) is 0.562. The average molecular weight is 294 g/mol. The zero-order valence-corrected chi connectivity index (χ0v) is 14.4. The summed E-state index contributed by atoms with van der Waals surface area (Å²) in [6, 6.07) is 9.04. The second kappa shape index (κ2) is 6.55. The Kier molecular flexibility index (Phi) is 5.54. The average Bonchev–Trinajstić information content (AvgIpc) is 2.36. The number of hydrogen-bond donors (Lipinski definition) is 0. The van der Waals surface area contributed by atoms with E-state index in [0.29, 0.717) is 12.2 Å². The van der Waals surface area contributed by atoms with Crippen molar-refractivity contribution in [3.8, 4) is 0 Å². The van der Waals surface area contributed by atoms with Crippen LogP contribution in [0.25, 0.3) is 0 Å². The van der Waals surface area contributed by atoms with Gasteiger partial charge in [0.15, 0.2) is 8.32 Å². The third kappa shape index (κ3) is 4.76. The van der Waals surface area contributed by atoms with Crippen LogP contribution >= 0.6 is 0 Å². The van der Waals surface area contributed by atoms with Crippen molar-refractivity contribution in [2.75, 3.05) is 6.61 Å². The van der Waals surface area contributed by atoms with Gasteiger partial charge in [0.1, 0.15) is 6.10 Å². The topological polar surface area (TPSA) is 35.5 Å².